The number of benzene rings is 11. The van der Waals surface area contributed by atoms with Crippen LogP contribution in [0.15, 0.2) is 218 Å². The van der Waals surface area contributed by atoms with Crippen LogP contribution in [0.2, 0.25) is 0 Å². The van der Waals surface area contributed by atoms with Crippen LogP contribution in [0.5, 0.6) is 0 Å². The Hall–Kier alpha value is -9.38. The lowest BCUT2D eigenvalue weighted by atomic mass is 9.85. The van der Waals surface area contributed by atoms with Crippen molar-refractivity contribution in [3.8, 4) is 33.6 Å². The van der Waals surface area contributed by atoms with Gasteiger partial charge in [-0.2, -0.15) is 0 Å². The summed E-state index contributed by atoms with van der Waals surface area (Å²) in [6, 6.07) is 52.5. The molecule has 0 atom stereocenters. The van der Waals surface area contributed by atoms with Crippen LogP contribution < -0.4 is 0 Å². The van der Waals surface area contributed by atoms with Gasteiger partial charge in [-0.05, 0) is 117 Å². The highest BCUT2D eigenvalue weighted by molar-refractivity contribution is 6.32. The summed E-state index contributed by atoms with van der Waals surface area (Å²) >= 11 is 0. The van der Waals surface area contributed by atoms with Crippen molar-refractivity contribution in [1.82, 2.24) is 17.9 Å². The van der Waals surface area contributed by atoms with E-state index in [-0.39, 0.29) is 70.5 Å². The molecule has 4 nitrogen and oxygen atoms in total. The molecule has 0 aliphatic heterocycles. The first-order chi connectivity index (χ1) is 42.1. The van der Waals surface area contributed by atoms with Gasteiger partial charge in [-0.25, -0.2) is 0 Å². The molecule has 0 radical (unpaired) electrons. The highest BCUT2D eigenvalue weighted by atomic mass is 15.0. The molecule has 78 heavy (non-hydrogen) atoms. The predicted octanol–water partition coefficient (Wildman–Crippen LogP) is 20.1. The minimum absolute atomic E-state index is 0.119. The van der Waals surface area contributed by atoms with Gasteiger partial charge < -0.3 is 17.9 Å². The Balaban J connectivity index is 0.935. The van der Waals surface area contributed by atoms with E-state index in [1.807, 2.05) is 69.8 Å². The van der Waals surface area contributed by atoms with Crippen LogP contribution in [0.25, 0.3) is 153 Å². The summed E-state index contributed by atoms with van der Waals surface area (Å²) in [6.45, 7) is 13.7. The maximum Gasteiger partial charge on any atom is 0.0645 e. The van der Waals surface area contributed by atoms with E-state index in [0.717, 1.165) is 142 Å². The van der Waals surface area contributed by atoms with Crippen molar-refractivity contribution >= 4 is 120 Å². The van der Waals surface area contributed by atoms with E-state index in [0.29, 0.717) is 0 Å². The standard InChI is InChI=1S/C74H54N4/c1-73(2,3)59-27-17-25-53-67-47(43-31-37-63-55(39-43)49-23-13-15-29-61(49)75(63)45-19-9-7-10-20-45)33-35-51-57-42-66-58(41-65(57)77(69(53)59)71(51)67)52-36-34-48(68-54-26-18-28-60(74(4,5)6)70(54)78(66)72(52)68)44-32-38-64-56(40-44)50-24-14-16-30-62(50)76(64)46-21-11-8-12-22-46/h7-42H,1-6H3/i7D,8D,9D,10D,11D,12D,19D,20D,21D,22D. The lowest BCUT2D eigenvalue weighted by Gasteiger charge is -2.21. The van der Waals surface area contributed by atoms with Crippen LogP contribution >= 0.6 is 0 Å². The van der Waals surface area contributed by atoms with E-state index >= 15 is 0 Å². The highest BCUT2D eigenvalue weighted by Gasteiger charge is 2.30. The minimum atomic E-state index is -0.425. The third kappa shape index (κ3) is 5.69. The van der Waals surface area contributed by atoms with E-state index in [1.165, 1.54) is 11.1 Å². The van der Waals surface area contributed by atoms with Crippen LogP contribution in [0.1, 0.15) is 66.4 Å². The predicted molar refractivity (Wildman–Crippen MR) is 333 cm³/mol. The van der Waals surface area contributed by atoms with Crippen LogP contribution in [0, 0.1) is 0 Å². The van der Waals surface area contributed by atoms with Crippen LogP contribution in [0.4, 0.5) is 0 Å². The second-order valence-electron chi connectivity index (χ2n) is 23.3. The Morgan fingerprint density at radius 1 is 0.308 bits per heavy atom. The lowest BCUT2D eigenvalue weighted by molar-refractivity contribution is 0.594. The summed E-state index contributed by atoms with van der Waals surface area (Å²) < 4.78 is 95.9. The van der Waals surface area contributed by atoms with E-state index in [1.54, 1.807) is 0 Å². The number of hydrogen-bond acceptors (Lipinski definition) is 0. The monoisotopic (exact) mass is 1010 g/mol. The number of nitrogens with zero attached hydrogens (tertiary/aromatic N) is 4. The molecule has 370 valence electrons. The van der Waals surface area contributed by atoms with Gasteiger partial charge in [0.25, 0.3) is 0 Å². The Morgan fingerprint density at radius 2 is 0.692 bits per heavy atom. The Morgan fingerprint density at radius 3 is 1.12 bits per heavy atom. The van der Waals surface area contributed by atoms with Gasteiger partial charge in [-0.3, -0.25) is 0 Å². The van der Waals surface area contributed by atoms with Gasteiger partial charge in [0.15, 0.2) is 0 Å². The average molecular weight is 1010 g/mol. The molecule has 6 heterocycles. The largest absolute Gasteiger partial charge is 0.309 e. The summed E-state index contributed by atoms with van der Waals surface area (Å²) in [7, 11) is 0. The molecule has 0 fully saturated rings. The van der Waals surface area contributed by atoms with Crippen molar-refractivity contribution < 1.29 is 13.7 Å². The van der Waals surface area contributed by atoms with Gasteiger partial charge in [-0.15, -0.1) is 0 Å². The zero-order valence-electron chi connectivity index (χ0n) is 53.8. The fourth-order valence-electron chi connectivity index (χ4n) is 13.8. The zero-order chi connectivity index (χ0) is 60.8. The molecule has 0 aliphatic rings. The smallest absolute Gasteiger partial charge is 0.0645 e. The van der Waals surface area contributed by atoms with Gasteiger partial charge in [0.05, 0.1) is 68.9 Å². The zero-order valence-corrected chi connectivity index (χ0v) is 43.8. The molecule has 0 unspecified atom stereocenters. The Labute approximate surface area is 464 Å². The van der Waals surface area contributed by atoms with Crippen LogP contribution in [-0.2, 0) is 10.8 Å². The van der Waals surface area contributed by atoms with Crippen molar-refractivity contribution in [2.75, 3.05) is 0 Å². The van der Waals surface area contributed by atoms with Gasteiger partial charge in [-0.1, -0.05) is 187 Å². The van der Waals surface area contributed by atoms with E-state index < -0.39 is 12.1 Å². The third-order valence-corrected chi connectivity index (χ3v) is 17.0. The quantitative estimate of drug-likeness (QED) is 0.167. The summed E-state index contributed by atoms with van der Waals surface area (Å²) in [5.41, 5.74) is 16.2. The molecule has 11 aromatic carbocycles. The van der Waals surface area contributed by atoms with Gasteiger partial charge in [0, 0.05) is 76.0 Å². The first-order valence-electron chi connectivity index (χ1n) is 31.8. The van der Waals surface area contributed by atoms with Crippen molar-refractivity contribution in [3.05, 3.63) is 229 Å². The highest BCUT2D eigenvalue weighted by Crippen LogP contribution is 2.51. The number of rotatable bonds is 4. The molecule has 0 bridgehead atoms. The molecule has 0 saturated carbocycles. The molecular weight excluding hydrogens is 945 g/mol. The maximum absolute atomic E-state index is 9.03. The van der Waals surface area contributed by atoms with E-state index in [9.17, 15) is 0 Å². The van der Waals surface area contributed by atoms with Crippen molar-refractivity contribution in [2.45, 2.75) is 52.4 Å². The number of aromatic nitrogens is 4. The number of para-hydroxylation sites is 6. The van der Waals surface area contributed by atoms with Gasteiger partial charge in [0.1, 0.15) is 0 Å². The van der Waals surface area contributed by atoms with Crippen LogP contribution in [-0.4, -0.2) is 17.9 Å². The molecule has 0 aliphatic carbocycles. The number of fused-ring (bicyclic) bond motifs is 18. The maximum atomic E-state index is 9.03. The topological polar surface area (TPSA) is 18.7 Å². The van der Waals surface area contributed by atoms with E-state index in [2.05, 4.69) is 147 Å². The van der Waals surface area contributed by atoms with Crippen molar-refractivity contribution in [1.29, 1.82) is 0 Å². The fraction of sp³-hybridized carbons (Fsp3) is 0.108. The minimum Gasteiger partial charge on any atom is -0.309 e. The lowest BCUT2D eigenvalue weighted by Crippen LogP contribution is -2.12. The van der Waals surface area contributed by atoms with Crippen LogP contribution in [0.3, 0.4) is 0 Å². The molecule has 17 rings (SSSR count). The molecule has 0 spiro atoms. The van der Waals surface area contributed by atoms with E-state index in [4.69, 9.17) is 13.7 Å². The fourth-order valence-corrected chi connectivity index (χ4v) is 13.8. The third-order valence-electron chi connectivity index (χ3n) is 17.0. The number of hydrogen-bond donors (Lipinski definition) is 0. The van der Waals surface area contributed by atoms with Crippen molar-refractivity contribution in [3.63, 3.8) is 0 Å². The molecule has 6 aromatic heterocycles. The molecule has 0 saturated heterocycles. The molecule has 0 N–H and O–H groups in total. The Kier molecular flexibility index (Phi) is 6.82. The van der Waals surface area contributed by atoms with Gasteiger partial charge in [0.2, 0.25) is 0 Å². The Bertz CT molecular complexity index is 5600. The molecule has 0 amide bonds. The van der Waals surface area contributed by atoms with Gasteiger partial charge >= 0.3 is 0 Å². The SMILES string of the molecule is [2H]c1c([2H])c([2H])c(-n2c3ccccc3c3cc(-c4ccc5c6cc7c(cc6n6c8c(C(C)(C)C)cccc8c4c56)c4ccc(-c5ccc6c(c5)c5ccccc5n6-c5c([2H])c([2H])c([2H])c([2H])c5[2H])c5c6cccc(C(C)(C)C)c6n7c45)ccc32)c([2H])c1[2H]. The summed E-state index contributed by atoms with van der Waals surface area (Å²) in [6.07, 6.45) is 0. The summed E-state index contributed by atoms with van der Waals surface area (Å²) in [4.78, 5) is 0. The second-order valence-corrected chi connectivity index (χ2v) is 23.3. The second kappa shape index (κ2) is 15.2. The molecular formula is C74H54N4. The van der Waals surface area contributed by atoms with Crippen molar-refractivity contribution in [2.24, 2.45) is 0 Å². The molecule has 4 heteroatoms. The first-order valence-corrected chi connectivity index (χ1v) is 26.8. The normalized spacial score (nSPS) is 14.8. The molecule has 17 aromatic rings. The average Bonchev–Trinajstić information content (AvgIpc) is 1.52. The first kappa shape index (κ1) is 35.0. The summed E-state index contributed by atoms with van der Waals surface area (Å²) in [5, 5.41) is 12.8. The summed E-state index contributed by atoms with van der Waals surface area (Å²) in [5.74, 6) is 0.